The smallest absolute Gasteiger partial charge is 0.217 e. The lowest BCUT2D eigenvalue weighted by atomic mass is 9.83. The highest BCUT2D eigenvalue weighted by Crippen LogP contribution is 2.21. The van der Waals surface area contributed by atoms with Gasteiger partial charge in [-0.05, 0) is 0 Å². The summed E-state index contributed by atoms with van der Waals surface area (Å²) in [6.45, 7) is 1.17. The molecule has 0 aromatic rings. The second-order valence-electron chi connectivity index (χ2n) is 3.68. The molecule has 1 aliphatic rings. The van der Waals surface area contributed by atoms with Gasteiger partial charge in [0.1, 0.15) is 30.5 Å². The van der Waals surface area contributed by atoms with Crippen LogP contribution in [0, 0.1) is 0 Å². The quantitative estimate of drug-likeness (QED) is 0.270. The summed E-state index contributed by atoms with van der Waals surface area (Å²) in [6, 6.07) is -1.20. The third kappa shape index (κ3) is 2.27. The highest BCUT2D eigenvalue weighted by Gasteiger charge is 2.48. The van der Waals surface area contributed by atoms with Crippen LogP contribution in [0.2, 0.25) is 0 Å². The highest BCUT2D eigenvalue weighted by atomic mass is 16.4. The molecule has 0 aliphatic heterocycles. The van der Waals surface area contributed by atoms with Gasteiger partial charge in [0.2, 0.25) is 5.91 Å². The molecule has 15 heavy (non-hydrogen) atoms. The minimum Gasteiger partial charge on any atom is -0.388 e. The number of amides is 1. The summed E-state index contributed by atoms with van der Waals surface area (Å²) in [5.41, 5.74) is 0. The molecule has 0 spiro atoms. The molecule has 1 amide bonds. The lowest BCUT2D eigenvalue weighted by molar-refractivity contribution is -0.191. The van der Waals surface area contributed by atoms with Crippen LogP contribution in [0.4, 0.5) is 0 Å². The maximum Gasteiger partial charge on any atom is 0.217 e. The molecule has 0 heterocycles. The molecule has 88 valence electrons. The van der Waals surface area contributed by atoms with Crippen LogP contribution in [0.1, 0.15) is 6.92 Å². The lowest BCUT2D eigenvalue weighted by Crippen LogP contribution is -2.68. The van der Waals surface area contributed by atoms with Crippen molar-refractivity contribution in [3.05, 3.63) is 0 Å². The topological polar surface area (TPSA) is 130 Å². The summed E-state index contributed by atoms with van der Waals surface area (Å²) in [7, 11) is 0. The van der Waals surface area contributed by atoms with Crippen molar-refractivity contribution in [1.29, 1.82) is 0 Å². The van der Waals surface area contributed by atoms with E-state index in [9.17, 15) is 30.3 Å². The Kier molecular flexibility index (Phi) is 3.63. The van der Waals surface area contributed by atoms with E-state index in [0.29, 0.717) is 0 Å². The number of carbonyl (C=O) groups is 1. The van der Waals surface area contributed by atoms with E-state index in [1.54, 1.807) is 0 Å². The fourth-order valence-electron chi connectivity index (χ4n) is 1.64. The van der Waals surface area contributed by atoms with Crippen molar-refractivity contribution in [2.75, 3.05) is 0 Å². The Morgan fingerprint density at radius 3 is 1.53 bits per heavy atom. The molecule has 0 aromatic heterocycles. The number of aliphatic hydroxyl groups excluding tert-OH is 5. The van der Waals surface area contributed by atoms with Crippen molar-refractivity contribution in [2.45, 2.75) is 43.5 Å². The molecule has 7 heteroatoms. The Labute approximate surface area is 86.0 Å². The first-order valence-electron chi connectivity index (χ1n) is 4.53. The van der Waals surface area contributed by atoms with Crippen molar-refractivity contribution >= 4 is 5.91 Å². The van der Waals surface area contributed by atoms with E-state index < -0.39 is 42.5 Å². The van der Waals surface area contributed by atoms with Crippen molar-refractivity contribution in [2.24, 2.45) is 0 Å². The van der Waals surface area contributed by atoms with Gasteiger partial charge in [0.15, 0.2) is 0 Å². The van der Waals surface area contributed by atoms with Gasteiger partial charge in [-0.25, -0.2) is 0 Å². The van der Waals surface area contributed by atoms with Crippen LogP contribution in [-0.2, 0) is 4.79 Å². The molecule has 6 N–H and O–H groups in total. The maximum atomic E-state index is 10.7. The van der Waals surface area contributed by atoms with Crippen LogP contribution in [0.3, 0.4) is 0 Å². The van der Waals surface area contributed by atoms with E-state index in [1.165, 1.54) is 6.92 Å². The molecule has 1 saturated carbocycles. The van der Waals surface area contributed by atoms with E-state index in [2.05, 4.69) is 5.32 Å². The minimum atomic E-state index is -1.64. The molecule has 0 aromatic carbocycles. The van der Waals surface area contributed by atoms with Crippen LogP contribution in [0.5, 0.6) is 0 Å². The van der Waals surface area contributed by atoms with Crippen LogP contribution < -0.4 is 5.32 Å². The second-order valence-corrected chi connectivity index (χ2v) is 3.68. The number of rotatable bonds is 1. The number of hydrogen-bond acceptors (Lipinski definition) is 6. The van der Waals surface area contributed by atoms with Crippen LogP contribution in [-0.4, -0.2) is 68.0 Å². The molecule has 1 aliphatic carbocycles. The number of carbonyl (C=O) groups excluding carboxylic acids is 1. The summed E-state index contributed by atoms with van der Waals surface area (Å²) in [5.74, 6) is -0.520. The number of nitrogens with one attached hydrogen (secondary N) is 1. The van der Waals surface area contributed by atoms with Crippen LogP contribution in [0.15, 0.2) is 0 Å². The zero-order valence-corrected chi connectivity index (χ0v) is 8.11. The van der Waals surface area contributed by atoms with Gasteiger partial charge in [-0.2, -0.15) is 0 Å². The van der Waals surface area contributed by atoms with Gasteiger partial charge in [-0.15, -0.1) is 0 Å². The molecule has 4 atom stereocenters. The molecule has 0 saturated heterocycles. The monoisotopic (exact) mass is 221 g/mol. The van der Waals surface area contributed by atoms with Crippen molar-refractivity contribution < 1.29 is 30.3 Å². The molecule has 0 bridgehead atoms. The second kappa shape index (κ2) is 4.42. The number of hydrogen-bond donors (Lipinski definition) is 6. The van der Waals surface area contributed by atoms with Gasteiger partial charge in [-0.3, -0.25) is 4.79 Å². The van der Waals surface area contributed by atoms with Crippen molar-refractivity contribution in [3.63, 3.8) is 0 Å². The average Bonchev–Trinajstić information content (AvgIpc) is 2.18. The number of aliphatic hydroxyl groups is 5. The highest BCUT2D eigenvalue weighted by molar-refractivity contribution is 5.73. The predicted octanol–water partition coefficient (Wildman–Crippen LogP) is -3.69. The fourth-order valence-corrected chi connectivity index (χ4v) is 1.64. The largest absolute Gasteiger partial charge is 0.388 e. The third-order valence-corrected chi connectivity index (χ3v) is 2.51. The normalized spacial score (nSPS) is 46.3. The molecule has 0 radical (unpaired) electrons. The van der Waals surface area contributed by atoms with Crippen LogP contribution >= 0.6 is 0 Å². The van der Waals surface area contributed by atoms with Crippen molar-refractivity contribution in [1.82, 2.24) is 5.32 Å². The maximum absolute atomic E-state index is 10.7. The minimum absolute atomic E-state index is 0.520. The van der Waals surface area contributed by atoms with E-state index in [-0.39, 0.29) is 0 Å². The SMILES string of the molecule is CC(=O)NC1C(O)C(O)C(O)C(O)C1O. The van der Waals surface area contributed by atoms with E-state index in [4.69, 9.17) is 0 Å². The Morgan fingerprint density at radius 1 is 0.867 bits per heavy atom. The zero-order chi connectivity index (χ0) is 11.7. The van der Waals surface area contributed by atoms with Gasteiger partial charge >= 0.3 is 0 Å². The van der Waals surface area contributed by atoms with Gasteiger partial charge in [0, 0.05) is 6.92 Å². The average molecular weight is 221 g/mol. The Bertz CT molecular complexity index is 231. The molecular weight excluding hydrogens is 206 g/mol. The Hall–Kier alpha value is -0.730. The molecule has 1 fully saturated rings. The Morgan fingerprint density at radius 2 is 1.20 bits per heavy atom. The zero-order valence-electron chi connectivity index (χ0n) is 8.11. The van der Waals surface area contributed by atoms with Crippen molar-refractivity contribution in [3.8, 4) is 0 Å². The first-order valence-corrected chi connectivity index (χ1v) is 4.53. The standard InChI is InChI=1S/C8H15NO6/c1-2(10)9-3-4(11)6(13)8(15)7(14)5(3)12/h3-8,11-15H,1H3,(H,9,10). The lowest BCUT2D eigenvalue weighted by Gasteiger charge is -2.41. The van der Waals surface area contributed by atoms with Gasteiger partial charge < -0.3 is 30.8 Å². The Balaban J connectivity index is 2.81. The van der Waals surface area contributed by atoms with E-state index in [0.717, 1.165) is 0 Å². The van der Waals surface area contributed by atoms with Crippen LogP contribution in [0.25, 0.3) is 0 Å². The molecular formula is C8H15NO6. The van der Waals surface area contributed by atoms with E-state index in [1.807, 2.05) is 0 Å². The van der Waals surface area contributed by atoms with Gasteiger partial charge in [-0.1, -0.05) is 0 Å². The molecule has 7 nitrogen and oxygen atoms in total. The molecule has 4 unspecified atom stereocenters. The van der Waals surface area contributed by atoms with Gasteiger partial charge in [0.05, 0.1) is 6.04 Å². The summed E-state index contributed by atoms with van der Waals surface area (Å²) in [6.07, 6.45) is -7.91. The third-order valence-electron chi connectivity index (χ3n) is 2.51. The first kappa shape index (κ1) is 12.3. The van der Waals surface area contributed by atoms with Gasteiger partial charge in [0.25, 0.3) is 0 Å². The fraction of sp³-hybridized carbons (Fsp3) is 0.875. The summed E-state index contributed by atoms with van der Waals surface area (Å²) < 4.78 is 0. The summed E-state index contributed by atoms with van der Waals surface area (Å²) in [5, 5.41) is 48.9. The summed E-state index contributed by atoms with van der Waals surface area (Å²) in [4.78, 5) is 10.7. The van der Waals surface area contributed by atoms with E-state index >= 15 is 0 Å². The summed E-state index contributed by atoms with van der Waals surface area (Å²) >= 11 is 0. The first-order chi connectivity index (χ1) is 6.86. The molecule has 1 rings (SSSR count). The predicted molar refractivity (Wildman–Crippen MR) is 47.6 cm³/mol.